The van der Waals surface area contributed by atoms with E-state index in [4.69, 9.17) is 4.74 Å². The molecule has 6 rings (SSSR count). The van der Waals surface area contributed by atoms with Gasteiger partial charge >= 0.3 is 0 Å². The third-order valence-corrected chi connectivity index (χ3v) is 8.21. The van der Waals surface area contributed by atoms with Crippen LogP contribution in [0.3, 0.4) is 0 Å². The summed E-state index contributed by atoms with van der Waals surface area (Å²) < 4.78 is 5.88. The summed E-state index contributed by atoms with van der Waals surface area (Å²) in [4.78, 5) is 17.0. The molecule has 2 aromatic heterocycles. The highest BCUT2D eigenvalue weighted by Gasteiger charge is 2.33. The molecule has 0 radical (unpaired) electrons. The number of benzene rings is 2. The largest absolute Gasteiger partial charge is 0.385 e. The zero-order valence-electron chi connectivity index (χ0n) is 22.8. The third-order valence-electron chi connectivity index (χ3n) is 8.21. The first-order valence-electron chi connectivity index (χ1n) is 14.2. The fourth-order valence-electron chi connectivity index (χ4n) is 5.91. The number of aromatic nitrogens is 4. The van der Waals surface area contributed by atoms with Crippen LogP contribution in [0.15, 0.2) is 85.5 Å². The van der Waals surface area contributed by atoms with Gasteiger partial charge in [-0.2, -0.15) is 0 Å². The minimum Gasteiger partial charge on any atom is -0.385 e. The summed E-state index contributed by atoms with van der Waals surface area (Å²) in [6, 6.07) is 20.2. The predicted octanol–water partition coefficient (Wildman–Crippen LogP) is 7.24. The molecule has 2 heterocycles. The van der Waals surface area contributed by atoms with Gasteiger partial charge in [-0.1, -0.05) is 87.1 Å². The molecule has 0 unspecified atom stereocenters. The van der Waals surface area contributed by atoms with Gasteiger partial charge in [0.25, 0.3) is 0 Å². The molecule has 6 nitrogen and oxygen atoms in total. The van der Waals surface area contributed by atoms with Crippen LogP contribution in [-0.2, 0) is 15.9 Å². The van der Waals surface area contributed by atoms with Crippen LogP contribution in [0.5, 0.6) is 0 Å². The number of ether oxygens (including phenoxy) is 1. The van der Waals surface area contributed by atoms with Gasteiger partial charge in [0.15, 0.2) is 11.6 Å². The van der Waals surface area contributed by atoms with Crippen LogP contribution < -0.4 is 0 Å². The van der Waals surface area contributed by atoms with Crippen molar-refractivity contribution in [3.05, 3.63) is 96.6 Å². The van der Waals surface area contributed by atoms with E-state index in [1.54, 1.807) is 24.8 Å². The Kier molecular flexibility index (Phi) is 8.74. The second-order valence-electron chi connectivity index (χ2n) is 10.7. The number of methoxy groups -OCH3 is 1. The molecule has 2 aliphatic rings. The number of nitrogens with zero attached hydrogens (tertiary/aromatic N) is 4. The molecule has 39 heavy (non-hydrogen) atoms. The number of rotatable bonds is 5. The highest BCUT2D eigenvalue weighted by atomic mass is 16.5. The smallest absolute Gasteiger partial charge is 0.159 e. The molecule has 2 fully saturated rings. The monoisotopic (exact) mass is 522 g/mol. The molecule has 4 aromatic rings. The lowest BCUT2D eigenvalue weighted by Crippen LogP contribution is -2.30. The van der Waals surface area contributed by atoms with Crippen molar-refractivity contribution in [1.82, 2.24) is 19.9 Å². The summed E-state index contributed by atoms with van der Waals surface area (Å²) in [6.07, 6.45) is 18.3. The van der Waals surface area contributed by atoms with Gasteiger partial charge in [-0.15, -0.1) is 0 Å². The standard InChI is InChI=1S/C17H20N2O.C16H18N2O/c1-20-17(10-3-2-4-11-17)15-8-6-14(7-9-15)16-18-12-5-13-19-16;19-16(9-2-1-3-10-16)14-7-5-13(6-8-14)15-17-11-4-12-18-15/h5-9,12-13H,2-4,10-11H2,1H3;4-8,11-12,19H,1-3,9-10H2. The minimum atomic E-state index is -0.631. The van der Waals surface area contributed by atoms with E-state index < -0.39 is 5.60 Å². The van der Waals surface area contributed by atoms with Crippen LogP contribution in [0.2, 0.25) is 0 Å². The Morgan fingerprint density at radius 1 is 0.564 bits per heavy atom. The van der Waals surface area contributed by atoms with Crippen LogP contribution in [0.4, 0.5) is 0 Å². The van der Waals surface area contributed by atoms with E-state index in [-0.39, 0.29) is 5.60 Å². The van der Waals surface area contributed by atoms with Crippen molar-refractivity contribution in [2.24, 2.45) is 0 Å². The fraction of sp³-hybridized carbons (Fsp3) is 0.394. The second-order valence-corrected chi connectivity index (χ2v) is 10.7. The lowest BCUT2D eigenvalue weighted by Gasteiger charge is -2.36. The Morgan fingerprint density at radius 3 is 1.41 bits per heavy atom. The molecule has 0 amide bonds. The molecular weight excluding hydrogens is 484 g/mol. The maximum absolute atomic E-state index is 10.7. The number of hydrogen-bond acceptors (Lipinski definition) is 6. The van der Waals surface area contributed by atoms with E-state index in [2.05, 4.69) is 44.2 Å². The van der Waals surface area contributed by atoms with E-state index in [1.165, 1.54) is 31.2 Å². The van der Waals surface area contributed by atoms with E-state index in [9.17, 15) is 5.11 Å². The van der Waals surface area contributed by atoms with Gasteiger partial charge in [-0.05, 0) is 48.9 Å². The van der Waals surface area contributed by atoms with Crippen molar-refractivity contribution < 1.29 is 9.84 Å². The molecule has 6 heteroatoms. The summed E-state index contributed by atoms with van der Waals surface area (Å²) in [7, 11) is 1.83. The topological polar surface area (TPSA) is 81.0 Å². The van der Waals surface area contributed by atoms with Gasteiger partial charge in [0, 0.05) is 43.0 Å². The quantitative estimate of drug-likeness (QED) is 0.297. The highest BCUT2D eigenvalue weighted by molar-refractivity contribution is 5.56. The third kappa shape index (κ3) is 6.40. The zero-order chi connectivity index (χ0) is 27.0. The summed E-state index contributed by atoms with van der Waals surface area (Å²) in [6.45, 7) is 0. The summed E-state index contributed by atoms with van der Waals surface area (Å²) in [5.41, 5.74) is 3.62. The summed E-state index contributed by atoms with van der Waals surface area (Å²) >= 11 is 0. The first-order chi connectivity index (χ1) is 19.1. The van der Waals surface area contributed by atoms with Crippen LogP contribution in [-0.4, -0.2) is 32.2 Å². The molecule has 0 bridgehead atoms. The van der Waals surface area contributed by atoms with Crippen molar-refractivity contribution in [3.63, 3.8) is 0 Å². The van der Waals surface area contributed by atoms with Gasteiger partial charge < -0.3 is 9.84 Å². The minimum absolute atomic E-state index is 0.0890. The molecule has 2 aliphatic carbocycles. The first-order valence-corrected chi connectivity index (χ1v) is 14.2. The lowest BCUT2D eigenvalue weighted by atomic mass is 9.79. The molecule has 0 saturated heterocycles. The Bertz CT molecular complexity index is 1280. The van der Waals surface area contributed by atoms with Crippen molar-refractivity contribution in [2.45, 2.75) is 75.4 Å². The van der Waals surface area contributed by atoms with Gasteiger partial charge in [-0.25, -0.2) is 19.9 Å². The van der Waals surface area contributed by atoms with Gasteiger partial charge in [-0.3, -0.25) is 0 Å². The molecule has 2 saturated carbocycles. The van der Waals surface area contributed by atoms with Crippen LogP contribution in [0.1, 0.15) is 75.3 Å². The van der Waals surface area contributed by atoms with Gasteiger partial charge in [0.05, 0.1) is 11.2 Å². The van der Waals surface area contributed by atoms with Crippen molar-refractivity contribution in [3.8, 4) is 22.8 Å². The first kappa shape index (κ1) is 27.1. The zero-order valence-corrected chi connectivity index (χ0v) is 22.8. The lowest BCUT2D eigenvalue weighted by molar-refractivity contribution is -0.0445. The molecule has 2 aromatic carbocycles. The van der Waals surface area contributed by atoms with Gasteiger partial charge in [0.1, 0.15) is 0 Å². The van der Waals surface area contributed by atoms with Crippen molar-refractivity contribution in [2.75, 3.05) is 7.11 Å². The fourth-order valence-corrected chi connectivity index (χ4v) is 5.91. The summed E-state index contributed by atoms with van der Waals surface area (Å²) in [5, 5.41) is 10.7. The van der Waals surface area contributed by atoms with E-state index in [1.807, 2.05) is 43.5 Å². The molecular formula is C33H38N4O2. The Balaban J connectivity index is 0.000000158. The summed E-state index contributed by atoms with van der Waals surface area (Å²) in [5.74, 6) is 1.50. The number of aliphatic hydroxyl groups is 1. The van der Waals surface area contributed by atoms with Crippen LogP contribution in [0.25, 0.3) is 22.8 Å². The molecule has 202 valence electrons. The molecule has 0 atom stereocenters. The van der Waals surface area contributed by atoms with Crippen molar-refractivity contribution in [1.29, 1.82) is 0 Å². The molecule has 0 spiro atoms. The van der Waals surface area contributed by atoms with E-state index in [0.29, 0.717) is 0 Å². The van der Waals surface area contributed by atoms with Crippen molar-refractivity contribution >= 4 is 0 Å². The highest BCUT2D eigenvalue weighted by Crippen LogP contribution is 2.40. The molecule has 0 aliphatic heterocycles. The predicted molar refractivity (Wildman–Crippen MR) is 154 cm³/mol. The second kappa shape index (κ2) is 12.6. The Morgan fingerprint density at radius 2 is 0.974 bits per heavy atom. The van der Waals surface area contributed by atoms with Crippen LogP contribution in [0, 0.1) is 0 Å². The SMILES string of the molecule is COC1(c2ccc(-c3ncccn3)cc2)CCCCC1.OC1(c2ccc(-c3ncccn3)cc2)CCCCC1. The Hall–Kier alpha value is -3.48. The number of hydrogen-bond donors (Lipinski definition) is 1. The maximum Gasteiger partial charge on any atom is 0.159 e. The molecule has 1 N–H and O–H groups in total. The normalized spacial score (nSPS) is 18.0. The Labute approximate surface area is 231 Å². The maximum atomic E-state index is 10.7. The average molecular weight is 523 g/mol. The van der Waals surface area contributed by atoms with E-state index >= 15 is 0 Å². The van der Waals surface area contributed by atoms with E-state index in [0.717, 1.165) is 66.9 Å². The van der Waals surface area contributed by atoms with Crippen LogP contribution >= 0.6 is 0 Å². The average Bonchev–Trinajstić information content (AvgIpc) is 3.03. The van der Waals surface area contributed by atoms with Gasteiger partial charge in [0.2, 0.25) is 0 Å².